The fourth-order valence-corrected chi connectivity index (χ4v) is 2.64. The molecule has 1 fully saturated rings. The number of amides is 2. The summed E-state index contributed by atoms with van der Waals surface area (Å²) in [7, 11) is 0. The quantitative estimate of drug-likeness (QED) is 0.542. The van der Waals surface area contributed by atoms with E-state index in [9.17, 15) is 18.4 Å². The Kier molecular flexibility index (Phi) is 10.1. The van der Waals surface area contributed by atoms with Crippen LogP contribution in [0.5, 0.6) is 0 Å². The Balaban J connectivity index is 0.00000352. The zero-order chi connectivity index (χ0) is 22.1. The molecule has 1 atom stereocenters. The Bertz CT molecular complexity index is 620. The molecule has 1 aliphatic heterocycles. The molecule has 1 N–H and O–H groups in total. The molecule has 0 aromatic heterocycles. The molecule has 0 bridgehead atoms. The van der Waals surface area contributed by atoms with Gasteiger partial charge in [-0.1, -0.05) is 38.7 Å². The minimum Gasteiger partial charge on any atom is -0.444 e. The van der Waals surface area contributed by atoms with E-state index in [0.29, 0.717) is 11.1 Å². The maximum absolute atomic E-state index is 14.5. The number of likely N-dealkylation sites (tertiary alicyclic amines) is 1. The van der Waals surface area contributed by atoms with Crippen LogP contribution < -0.4 is 5.32 Å². The first-order valence-electron chi connectivity index (χ1n) is 9.54. The van der Waals surface area contributed by atoms with E-state index < -0.39 is 36.1 Å². The van der Waals surface area contributed by atoms with E-state index in [1.807, 2.05) is 13.8 Å². The summed E-state index contributed by atoms with van der Waals surface area (Å²) in [5.74, 6) is -3.82. The number of piperidine rings is 1. The molecule has 1 unspecified atom stereocenters. The van der Waals surface area contributed by atoms with Crippen LogP contribution >= 0.6 is 0 Å². The van der Waals surface area contributed by atoms with E-state index in [-0.39, 0.29) is 13.0 Å². The molecule has 1 rings (SSSR count). The lowest BCUT2D eigenvalue weighted by molar-refractivity contribution is -0.126. The minimum absolute atomic E-state index is 0.0564. The Morgan fingerprint density at radius 2 is 1.86 bits per heavy atom. The molecule has 160 valence electrons. The highest BCUT2D eigenvalue weighted by Gasteiger charge is 2.47. The number of carbonyl (C=O) groups is 2. The van der Waals surface area contributed by atoms with E-state index in [4.69, 9.17) is 4.74 Å². The number of alkyl halides is 2. The monoisotopic (exact) mass is 400 g/mol. The number of allylic oxidation sites excluding steroid dienone is 3. The zero-order valence-corrected chi connectivity index (χ0v) is 18.1. The van der Waals surface area contributed by atoms with Crippen molar-refractivity contribution in [3.63, 3.8) is 0 Å². The lowest BCUT2D eigenvalue weighted by Crippen LogP contribution is -2.59. The molecule has 7 heteroatoms. The average Bonchev–Trinajstić information content (AvgIpc) is 2.57. The number of hydrogen-bond donors (Lipinski definition) is 1. The van der Waals surface area contributed by atoms with Gasteiger partial charge in [-0.2, -0.15) is 0 Å². The van der Waals surface area contributed by atoms with E-state index in [2.05, 4.69) is 11.9 Å². The van der Waals surface area contributed by atoms with Crippen LogP contribution in [-0.4, -0.2) is 47.6 Å². The van der Waals surface area contributed by atoms with Gasteiger partial charge in [0.1, 0.15) is 5.60 Å². The van der Waals surface area contributed by atoms with Crippen LogP contribution in [0.25, 0.3) is 0 Å². The average molecular weight is 401 g/mol. The van der Waals surface area contributed by atoms with Gasteiger partial charge in [0.2, 0.25) is 0 Å². The second-order valence-electron chi connectivity index (χ2n) is 7.27. The molecule has 0 aliphatic carbocycles. The summed E-state index contributed by atoms with van der Waals surface area (Å²) in [5, 5.41) is 2.40. The predicted octanol–water partition coefficient (Wildman–Crippen LogP) is 4.85. The highest BCUT2D eigenvalue weighted by atomic mass is 19.3. The van der Waals surface area contributed by atoms with E-state index in [1.54, 1.807) is 46.8 Å². The molecule has 1 aliphatic rings. The van der Waals surface area contributed by atoms with Crippen molar-refractivity contribution in [2.45, 2.75) is 72.5 Å². The van der Waals surface area contributed by atoms with E-state index in [1.165, 1.54) is 6.08 Å². The maximum Gasteiger partial charge on any atom is 0.410 e. The summed E-state index contributed by atoms with van der Waals surface area (Å²) in [6.07, 6.45) is 3.90. The lowest BCUT2D eigenvalue weighted by atomic mass is 9.99. The van der Waals surface area contributed by atoms with Crippen molar-refractivity contribution in [2.75, 3.05) is 13.1 Å². The number of nitrogens with one attached hydrogen (secondary N) is 1. The minimum atomic E-state index is -3.25. The van der Waals surface area contributed by atoms with Gasteiger partial charge in [0.15, 0.2) is 0 Å². The van der Waals surface area contributed by atoms with Crippen LogP contribution in [0.2, 0.25) is 0 Å². The summed E-state index contributed by atoms with van der Waals surface area (Å²) in [5.41, 5.74) is 0.192. The van der Waals surface area contributed by atoms with Crippen molar-refractivity contribution >= 4 is 12.0 Å². The standard InChI is InChI=1S/C19H28F2N2O3.C2H6/c1-7-9-13(3)14(8-2)16(24)22-15-10-11-23(12-19(15,20)21)17(25)26-18(4,5)6;1-2/h7-9,15H,1,10-12H2,2-6H3,(H,22,24);1-2H3/b13-9+,14-8-;. The van der Waals surface area contributed by atoms with E-state index >= 15 is 0 Å². The first kappa shape index (κ1) is 25.8. The van der Waals surface area contributed by atoms with Gasteiger partial charge in [-0.3, -0.25) is 4.79 Å². The smallest absolute Gasteiger partial charge is 0.410 e. The normalized spacial score (nSPS) is 19.9. The van der Waals surface area contributed by atoms with Crippen LogP contribution in [0, 0.1) is 0 Å². The van der Waals surface area contributed by atoms with Crippen LogP contribution in [0.1, 0.15) is 54.9 Å². The molecule has 0 aromatic carbocycles. The second-order valence-corrected chi connectivity index (χ2v) is 7.27. The van der Waals surface area contributed by atoms with Crippen molar-refractivity contribution in [2.24, 2.45) is 0 Å². The molecule has 2 amide bonds. The van der Waals surface area contributed by atoms with E-state index in [0.717, 1.165) is 4.90 Å². The van der Waals surface area contributed by atoms with Crippen LogP contribution in [0.3, 0.4) is 0 Å². The number of ether oxygens (including phenoxy) is 1. The number of carbonyl (C=O) groups excluding carboxylic acids is 2. The van der Waals surface area contributed by atoms with Gasteiger partial charge in [0.05, 0.1) is 12.6 Å². The molecular formula is C21H34F2N2O3. The molecule has 0 spiro atoms. The van der Waals surface area contributed by atoms with Crippen molar-refractivity contribution in [1.29, 1.82) is 0 Å². The molecular weight excluding hydrogens is 366 g/mol. The second kappa shape index (κ2) is 11.0. The third-order valence-corrected chi connectivity index (χ3v) is 3.88. The van der Waals surface area contributed by atoms with Crippen molar-refractivity contribution in [3.8, 4) is 0 Å². The fraction of sp³-hybridized carbons (Fsp3) is 0.619. The highest BCUT2D eigenvalue weighted by molar-refractivity contribution is 5.97. The third-order valence-electron chi connectivity index (χ3n) is 3.88. The molecule has 0 aromatic rings. The summed E-state index contributed by atoms with van der Waals surface area (Å²) in [6, 6.07) is -1.35. The van der Waals surface area contributed by atoms with Crippen molar-refractivity contribution in [1.82, 2.24) is 10.2 Å². The molecule has 0 saturated carbocycles. The molecule has 28 heavy (non-hydrogen) atoms. The molecule has 1 saturated heterocycles. The number of hydrogen-bond acceptors (Lipinski definition) is 3. The number of nitrogens with zero attached hydrogens (tertiary/aromatic N) is 1. The van der Waals surface area contributed by atoms with Crippen molar-refractivity contribution < 1.29 is 23.1 Å². The Morgan fingerprint density at radius 3 is 2.29 bits per heavy atom. The van der Waals surface area contributed by atoms with Gasteiger partial charge >= 0.3 is 6.09 Å². The SMILES string of the molecule is C=C/C=C(C)/C(=C/C)C(=O)NC1CCN(C(=O)OC(C)(C)C)CC1(F)F.CC. The zero-order valence-electron chi connectivity index (χ0n) is 18.1. The van der Waals surface area contributed by atoms with Crippen LogP contribution in [0.15, 0.2) is 36.0 Å². The predicted molar refractivity (Wildman–Crippen MR) is 108 cm³/mol. The summed E-state index contributed by atoms with van der Waals surface area (Å²) in [4.78, 5) is 25.3. The molecule has 0 radical (unpaired) electrons. The van der Waals surface area contributed by atoms with Crippen molar-refractivity contribution in [3.05, 3.63) is 36.0 Å². The largest absolute Gasteiger partial charge is 0.444 e. The fourth-order valence-electron chi connectivity index (χ4n) is 2.64. The first-order chi connectivity index (χ1) is 12.9. The Labute approximate surface area is 167 Å². The van der Waals surface area contributed by atoms with Crippen LogP contribution in [-0.2, 0) is 9.53 Å². The number of rotatable bonds is 4. The van der Waals surface area contributed by atoms with Gasteiger partial charge in [-0.05, 0) is 46.6 Å². The number of halogens is 2. The highest BCUT2D eigenvalue weighted by Crippen LogP contribution is 2.29. The first-order valence-corrected chi connectivity index (χ1v) is 9.54. The Hall–Kier alpha value is -2.18. The van der Waals surface area contributed by atoms with Gasteiger partial charge in [-0.15, -0.1) is 0 Å². The molecule has 5 nitrogen and oxygen atoms in total. The summed E-state index contributed by atoms with van der Waals surface area (Å²) < 4.78 is 34.1. The Morgan fingerprint density at radius 1 is 1.29 bits per heavy atom. The van der Waals surface area contributed by atoms with Crippen LogP contribution in [0.4, 0.5) is 13.6 Å². The van der Waals surface area contributed by atoms with Gasteiger partial charge in [0, 0.05) is 12.1 Å². The van der Waals surface area contributed by atoms with Gasteiger partial charge in [-0.25, -0.2) is 13.6 Å². The maximum atomic E-state index is 14.5. The lowest BCUT2D eigenvalue weighted by Gasteiger charge is -2.39. The summed E-state index contributed by atoms with van der Waals surface area (Å²) in [6.45, 7) is 15.3. The third kappa shape index (κ3) is 7.82. The van der Waals surface area contributed by atoms with Gasteiger partial charge in [0.25, 0.3) is 11.8 Å². The summed E-state index contributed by atoms with van der Waals surface area (Å²) >= 11 is 0. The topological polar surface area (TPSA) is 58.6 Å². The molecule has 1 heterocycles. The van der Waals surface area contributed by atoms with Gasteiger partial charge < -0.3 is 15.0 Å².